The molecule has 22 heavy (non-hydrogen) atoms. The molecule has 0 spiro atoms. The molecule has 3 heteroatoms. The topological polar surface area (TPSA) is 38.3 Å². The van der Waals surface area contributed by atoms with E-state index in [9.17, 15) is 4.79 Å². The first kappa shape index (κ1) is 16.8. The number of nitrogens with one attached hydrogen (secondary N) is 1. The van der Waals surface area contributed by atoms with Crippen molar-refractivity contribution >= 4 is 11.5 Å². The summed E-state index contributed by atoms with van der Waals surface area (Å²) in [7, 11) is 0. The average molecular weight is 301 g/mol. The van der Waals surface area contributed by atoms with Crippen molar-refractivity contribution in [1.82, 2.24) is 5.32 Å². The predicted octanol–water partition coefficient (Wildman–Crippen LogP) is 3.80. The second kappa shape index (κ2) is 6.66. The standard InChI is InChI=1S/C19H27NO2/c1-13(2)16-11-15(14-9-7-6-8-10-14)12-17(20-16)18(21)22-19(3,4)5/h6-11,13,16-17,20H,12H2,1-5H3/t16-,17-/m1/s1. The monoisotopic (exact) mass is 301 g/mol. The van der Waals surface area contributed by atoms with Crippen LogP contribution in [0.4, 0.5) is 0 Å². The molecule has 0 saturated carbocycles. The van der Waals surface area contributed by atoms with Crippen LogP contribution in [-0.4, -0.2) is 23.7 Å². The number of hydrogen-bond acceptors (Lipinski definition) is 3. The van der Waals surface area contributed by atoms with E-state index < -0.39 is 5.60 Å². The van der Waals surface area contributed by atoms with Crippen molar-refractivity contribution in [3.8, 4) is 0 Å². The van der Waals surface area contributed by atoms with Crippen LogP contribution in [0.15, 0.2) is 36.4 Å². The Morgan fingerprint density at radius 3 is 2.41 bits per heavy atom. The Morgan fingerprint density at radius 1 is 1.23 bits per heavy atom. The summed E-state index contributed by atoms with van der Waals surface area (Å²) in [6.45, 7) is 10.0. The van der Waals surface area contributed by atoms with Gasteiger partial charge in [0.05, 0.1) is 0 Å². The number of esters is 1. The molecule has 1 aliphatic rings. The highest BCUT2D eigenvalue weighted by atomic mass is 16.6. The van der Waals surface area contributed by atoms with Crippen LogP contribution in [0.3, 0.4) is 0 Å². The fourth-order valence-electron chi connectivity index (χ4n) is 2.62. The quantitative estimate of drug-likeness (QED) is 0.863. The molecule has 2 atom stereocenters. The largest absolute Gasteiger partial charge is 0.459 e. The molecule has 0 unspecified atom stereocenters. The van der Waals surface area contributed by atoms with E-state index in [2.05, 4.69) is 37.4 Å². The molecule has 0 bridgehead atoms. The molecule has 1 aromatic carbocycles. The summed E-state index contributed by atoms with van der Waals surface area (Å²) >= 11 is 0. The van der Waals surface area contributed by atoms with E-state index in [0.29, 0.717) is 12.3 Å². The van der Waals surface area contributed by atoms with Gasteiger partial charge < -0.3 is 4.74 Å². The normalized spacial score (nSPS) is 22.4. The van der Waals surface area contributed by atoms with Crippen LogP contribution in [0, 0.1) is 5.92 Å². The molecule has 2 rings (SSSR count). The third kappa shape index (κ3) is 4.44. The Balaban J connectivity index is 2.22. The van der Waals surface area contributed by atoms with E-state index in [4.69, 9.17) is 4.74 Å². The van der Waals surface area contributed by atoms with E-state index in [0.717, 1.165) is 0 Å². The molecule has 0 amide bonds. The minimum absolute atomic E-state index is 0.167. The maximum atomic E-state index is 12.4. The predicted molar refractivity (Wildman–Crippen MR) is 90.4 cm³/mol. The van der Waals surface area contributed by atoms with Crippen molar-refractivity contribution in [3.63, 3.8) is 0 Å². The van der Waals surface area contributed by atoms with Crippen molar-refractivity contribution < 1.29 is 9.53 Å². The zero-order chi connectivity index (χ0) is 16.3. The fraction of sp³-hybridized carbons (Fsp3) is 0.526. The van der Waals surface area contributed by atoms with Gasteiger partial charge in [0, 0.05) is 6.04 Å². The molecule has 120 valence electrons. The highest BCUT2D eigenvalue weighted by Gasteiger charge is 2.31. The number of carbonyl (C=O) groups is 1. The zero-order valence-corrected chi connectivity index (χ0v) is 14.2. The molecular weight excluding hydrogens is 274 g/mol. The molecule has 0 fully saturated rings. The van der Waals surface area contributed by atoms with Crippen molar-refractivity contribution in [2.45, 2.75) is 58.7 Å². The van der Waals surface area contributed by atoms with Crippen LogP contribution in [0.25, 0.3) is 5.57 Å². The van der Waals surface area contributed by atoms with Gasteiger partial charge in [-0.3, -0.25) is 10.1 Å². The second-order valence-electron chi connectivity index (χ2n) is 7.28. The molecule has 0 saturated heterocycles. The van der Waals surface area contributed by atoms with Gasteiger partial charge in [-0.15, -0.1) is 0 Å². The number of hydrogen-bond donors (Lipinski definition) is 1. The summed E-state index contributed by atoms with van der Waals surface area (Å²) in [6.07, 6.45) is 2.92. The highest BCUT2D eigenvalue weighted by molar-refractivity contribution is 5.81. The summed E-state index contributed by atoms with van der Waals surface area (Å²) < 4.78 is 5.56. The van der Waals surface area contributed by atoms with Gasteiger partial charge in [0.1, 0.15) is 11.6 Å². The van der Waals surface area contributed by atoms with Crippen LogP contribution in [0.1, 0.15) is 46.6 Å². The number of benzene rings is 1. The summed E-state index contributed by atoms with van der Waals surface area (Å²) in [4.78, 5) is 12.4. The van der Waals surface area contributed by atoms with Crippen molar-refractivity contribution in [1.29, 1.82) is 0 Å². The van der Waals surface area contributed by atoms with Crippen molar-refractivity contribution in [3.05, 3.63) is 42.0 Å². The van der Waals surface area contributed by atoms with Crippen LogP contribution in [0.5, 0.6) is 0 Å². The second-order valence-corrected chi connectivity index (χ2v) is 7.28. The van der Waals surface area contributed by atoms with E-state index in [1.807, 2.05) is 39.0 Å². The third-order valence-corrected chi connectivity index (χ3v) is 3.75. The fourth-order valence-corrected chi connectivity index (χ4v) is 2.62. The van der Waals surface area contributed by atoms with Gasteiger partial charge in [0.2, 0.25) is 0 Å². The van der Waals surface area contributed by atoms with Crippen molar-refractivity contribution in [2.75, 3.05) is 0 Å². The Hall–Kier alpha value is -1.61. The lowest BCUT2D eigenvalue weighted by Gasteiger charge is -2.33. The number of rotatable bonds is 3. The molecule has 3 nitrogen and oxygen atoms in total. The van der Waals surface area contributed by atoms with Gasteiger partial charge in [-0.2, -0.15) is 0 Å². The number of carbonyl (C=O) groups excluding carboxylic acids is 1. The molecule has 1 N–H and O–H groups in total. The van der Waals surface area contributed by atoms with Gasteiger partial charge in [-0.25, -0.2) is 0 Å². The smallest absolute Gasteiger partial charge is 0.324 e. The minimum Gasteiger partial charge on any atom is -0.459 e. The molecule has 1 heterocycles. The summed E-state index contributed by atoms with van der Waals surface area (Å²) in [6, 6.07) is 10.2. The van der Waals surface area contributed by atoms with E-state index in [1.54, 1.807) is 0 Å². The van der Waals surface area contributed by atoms with Crippen LogP contribution in [-0.2, 0) is 9.53 Å². The lowest BCUT2D eigenvalue weighted by molar-refractivity contribution is -0.157. The van der Waals surface area contributed by atoms with Crippen LogP contribution < -0.4 is 5.32 Å². The highest BCUT2D eigenvalue weighted by Crippen LogP contribution is 2.27. The lowest BCUT2D eigenvalue weighted by atomic mass is 9.88. The zero-order valence-electron chi connectivity index (χ0n) is 14.2. The molecule has 0 radical (unpaired) electrons. The molecular formula is C19H27NO2. The Kier molecular flexibility index (Phi) is 5.07. The van der Waals surface area contributed by atoms with Gasteiger partial charge in [0.25, 0.3) is 0 Å². The van der Waals surface area contributed by atoms with Crippen molar-refractivity contribution in [2.24, 2.45) is 5.92 Å². The van der Waals surface area contributed by atoms with Gasteiger partial charge in [0.15, 0.2) is 0 Å². The van der Waals surface area contributed by atoms with E-state index in [-0.39, 0.29) is 18.1 Å². The van der Waals surface area contributed by atoms with Crippen LogP contribution in [0.2, 0.25) is 0 Å². The lowest BCUT2D eigenvalue weighted by Crippen LogP contribution is -2.49. The summed E-state index contributed by atoms with van der Waals surface area (Å²) in [5.74, 6) is 0.253. The molecule has 1 aliphatic heterocycles. The van der Waals surface area contributed by atoms with Crippen LogP contribution >= 0.6 is 0 Å². The van der Waals surface area contributed by atoms with Gasteiger partial charge in [-0.05, 0) is 44.2 Å². The van der Waals surface area contributed by atoms with E-state index in [1.165, 1.54) is 11.1 Å². The SMILES string of the molecule is CC(C)[C@H]1C=C(c2ccccc2)C[C@H](C(=O)OC(C)(C)C)N1. The maximum absolute atomic E-state index is 12.4. The first-order valence-corrected chi connectivity index (χ1v) is 8.01. The van der Waals surface area contributed by atoms with Gasteiger partial charge >= 0.3 is 5.97 Å². The Labute approximate surface area is 133 Å². The number of ether oxygens (including phenoxy) is 1. The first-order valence-electron chi connectivity index (χ1n) is 8.01. The summed E-state index contributed by atoms with van der Waals surface area (Å²) in [5.41, 5.74) is 1.94. The molecule has 0 aliphatic carbocycles. The molecule has 1 aromatic rings. The maximum Gasteiger partial charge on any atom is 0.324 e. The minimum atomic E-state index is -0.458. The summed E-state index contributed by atoms with van der Waals surface area (Å²) in [5, 5.41) is 3.42. The van der Waals surface area contributed by atoms with E-state index >= 15 is 0 Å². The third-order valence-electron chi connectivity index (χ3n) is 3.75. The first-order chi connectivity index (χ1) is 10.3. The Bertz CT molecular complexity index is 540. The van der Waals surface area contributed by atoms with Gasteiger partial charge in [-0.1, -0.05) is 50.3 Å². The average Bonchev–Trinajstić information content (AvgIpc) is 2.46. The molecule has 0 aromatic heterocycles. The Morgan fingerprint density at radius 2 is 1.86 bits per heavy atom.